The van der Waals surface area contributed by atoms with Gasteiger partial charge in [-0.2, -0.15) is 0 Å². The summed E-state index contributed by atoms with van der Waals surface area (Å²) < 4.78 is 0. The van der Waals surface area contributed by atoms with Crippen molar-refractivity contribution in [1.82, 2.24) is 5.32 Å². The van der Waals surface area contributed by atoms with Crippen LogP contribution in [-0.2, 0) is 9.59 Å². The van der Waals surface area contributed by atoms with Gasteiger partial charge in [-0.1, -0.05) is 25.0 Å². The molecule has 0 aromatic heterocycles. The first-order valence-corrected chi connectivity index (χ1v) is 8.52. The lowest BCUT2D eigenvalue weighted by Crippen LogP contribution is -2.34. The Hall–Kier alpha value is -1.49. The van der Waals surface area contributed by atoms with Gasteiger partial charge in [0, 0.05) is 11.7 Å². The third kappa shape index (κ3) is 5.79. The maximum absolute atomic E-state index is 11.8. The Kier molecular flexibility index (Phi) is 6.11. The summed E-state index contributed by atoms with van der Waals surface area (Å²) in [6, 6.07) is 8.03. The number of nitrogens with one attached hydrogen (secondary N) is 2. The number of carbonyl (C=O) groups is 2. The third-order valence-corrected chi connectivity index (χ3v) is 4.42. The fourth-order valence-corrected chi connectivity index (χ4v) is 3.12. The molecule has 1 aromatic rings. The number of amides is 2. The molecule has 0 spiro atoms. The highest BCUT2D eigenvalue weighted by atomic mass is 32.2. The average Bonchev–Trinajstić information content (AvgIpc) is 2.91. The largest absolute Gasteiger partial charge is 0.353 e. The van der Waals surface area contributed by atoms with E-state index in [-0.39, 0.29) is 11.8 Å². The Labute approximate surface area is 130 Å². The highest BCUT2D eigenvalue weighted by Crippen LogP contribution is 2.17. The quantitative estimate of drug-likeness (QED) is 0.849. The molecule has 0 atom stereocenters. The summed E-state index contributed by atoms with van der Waals surface area (Å²) in [5.74, 6) is 0.610. The van der Waals surface area contributed by atoms with E-state index in [0.29, 0.717) is 17.5 Å². The van der Waals surface area contributed by atoms with E-state index in [2.05, 4.69) is 10.6 Å². The molecular formula is C16H22N2O2S. The molecule has 1 aromatic carbocycles. The molecule has 2 rings (SSSR count). The van der Waals surface area contributed by atoms with Crippen molar-refractivity contribution in [3.8, 4) is 0 Å². The highest BCUT2D eigenvalue weighted by molar-refractivity contribution is 8.00. The molecule has 1 saturated carbocycles. The number of benzene rings is 1. The Balaban J connectivity index is 1.63. The van der Waals surface area contributed by atoms with Gasteiger partial charge in [-0.15, -0.1) is 11.8 Å². The van der Waals surface area contributed by atoms with Gasteiger partial charge in [0.25, 0.3) is 0 Å². The predicted molar refractivity (Wildman–Crippen MR) is 87.5 cm³/mol. The van der Waals surface area contributed by atoms with Gasteiger partial charge in [0.15, 0.2) is 0 Å². The van der Waals surface area contributed by atoms with E-state index in [1.807, 2.05) is 31.2 Å². The van der Waals surface area contributed by atoms with Crippen molar-refractivity contribution in [3.63, 3.8) is 0 Å². The minimum Gasteiger partial charge on any atom is -0.353 e. The van der Waals surface area contributed by atoms with Gasteiger partial charge in [-0.3, -0.25) is 9.59 Å². The number of thioether (sulfide) groups is 1. The highest BCUT2D eigenvalue weighted by Gasteiger charge is 2.17. The van der Waals surface area contributed by atoms with Gasteiger partial charge in [0.2, 0.25) is 11.8 Å². The minimum absolute atomic E-state index is 0.0373. The third-order valence-electron chi connectivity index (χ3n) is 3.49. The lowest BCUT2D eigenvalue weighted by molar-refractivity contribution is -0.119. The van der Waals surface area contributed by atoms with Crippen LogP contribution in [-0.4, -0.2) is 29.4 Å². The van der Waals surface area contributed by atoms with E-state index >= 15 is 0 Å². The molecule has 1 aliphatic rings. The van der Waals surface area contributed by atoms with Crippen LogP contribution in [0.5, 0.6) is 0 Å². The zero-order valence-corrected chi connectivity index (χ0v) is 13.2. The molecular weight excluding hydrogens is 284 g/mol. The molecule has 4 nitrogen and oxygen atoms in total. The molecule has 2 amide bonds. The molecule has 0 aliphatic heterocycles. The Bertz CT molecular complexity index is 499. The van der Waals surface area contributed by atoms with Crippen molar-refractivity contribution in [1.29, 1.82) is 0 Å². The van der Waals surface area contributed by atoms with Crippen LogP contribution in [0.4, 0.5) is 5.69 Å². The molecule has 0 heterocycles. The second-order valence-electron chi connectivity index (χ2n) is 5.46. The lowest BCUT2D eigenvalue weighted by atomic mass is 10.2. The smallest absolute Gasteiger partial charge is 0.234 e. The van der Waals surface area contributed by atoms with Gasteiger partial charge in [0.05, 0.1) is 11.5 Å². The first kappa shape index (κ1) is 15.9. The number of hydrogen-bond donors (Lipinski definition) is 2. The van der Waals surface area contributed by atoms with Crippen molar-refractivity contribution >= 4 is 29.3 Å². The zero-order chi connectivity index (χ0) is 15.1. The molecule has 114 valence electrons. The van der Waals surface area contributed by atoms with E-state index < -0.39 is 0 Å². The second-order valence-corrected chi connectivity index (χ2v) is 6.44. The van der Waals surface area contributed by atoms with Crippen LogP contribution in [0.3, 0.4) is 0 Å². The molecule has 0 bridgehead atoms. The maximum Gasteiger partial charge on any atom is 0.234 e. The van der Waals surface area contributed by atoms with Crippen LogP contribution >= 0.6 is 11.8 Å². The molecule has 1 aliphatic carbocycles. The number of carbonyl (C=O) groups excluding carboxylic acids is 2. The van der Waals surface area contributed by atoms with Crippen molar-refractivity contribution in [3.05, 3.63) is 29.8 Å². The normalized spacial score (nSPS) is 14.9. The number of aryl methyl sites for hydroxylation is 1. The summed E-state index contributed by atoms with van der Waals surface area (Å²) in [6.45, 7) is 1.98. The summed E-state index contributed by atoms with van der Waals surface area (Å²) in [4.78, 5) is 23.5. The van der Waals surface area contributed by atoms with Gasteiger partial charge < -0.3 is 10.6 Å². The summed E-state index contributed by atoms with van der Waals surface area (Å²) in [5.41, 5.74) is 1.91. The SMILES string of the molecule is Cc1cccc(NC(=O)CSCC(=O)NC2CCCC2)c1. The van der Waals surface area contributed by atoms with Crippen LogP contribution in [0.1, 0.15) is 31.2 Å². The van der Waals surface area contributed by atoms with Crippen LogP contribution < -0.4 is 10.6 Å². The number of anilines is 1. The Morgan fingerprint density at radius 2 is 1.90 bits per heavy atom. The summed E-state index contributed by atoms with van der Waals surface area (Å²) in [7, 11) is 0. The topological polar surface area (TPSA) is 58.2 Å². The van der Waals surface area contributed by atoms with Crippen LogP contribution in [0.25, 0.3) is 0 Å². The van der Waals surface area contributed by atoms with Gasteiger partial charge >= 0.3 is 0 Å². The Morgan fingerprint density at radius 1 is 1.19 bits per heavy atom. The minimum atomic E-state index is -0.0701. The van der Waals surface area contributed by atoms with E-state index in [1.54, 1.807) is 0 Å². The maximum atomic E-state index is 11.8. The standard InChI is InChI=1S/C16H22N2O2S/c1-12-5-4-8-14(9-12)18-16(20)11-21-10-15(19)17-13-6-2-3-7-13/h4-5,8-9,13H,2-3,6-7,10-11H2,1H3,(H,17,19)(H,18,20). The molecule has 1 fully saturated rings. The van der Waals surface area contributed by atoms with E-state index in [9.17, 15) is 9.59 Å². The van der Waals surface area contributed by atoms with Crippen LogP contribution in [0.2, 0.25) is 0 Å². The van der Waals surface area contributed by atoms with Crippen molar-refractivity contribution in [2.75, 3.05) is 16.8 Å². The first-order valence-electron chi connectivity index (χ1n) is 7.37. The van der Waals surface area contributed by atoms with Crippen molar-refractivity contribution in [2.45, 2.75) is 38.6 Å². The van der Waals surface area contributed by atoms with Crippen molar-refractivity contribution < 1.29 is 9.59 Å². The summed E-state index contributed by atoms with van der Waals surface area (Å²) in [5, 5.41) is 5.86. The summed E-state index contributed by atoms with van der Waals surface area (Å²) in [6.07, 6.45) is 4.59. The van der Waals surface area contributed by atoms with E-state index in [0.717, 1.165) is 24.1 Å². The van der Waals surface area contributed by atoms with Gasteiger partial charge in [-0.25, -0.2) is 0 Å². The number of rotatable bonds is 6. The molecule has 0 radical (unpaired) electrons. The average molecular weight is 306 g/mol. The fourth-order valence-electron chi connectivity index (χ4n) is 2.50. The zero-order valence-electron chi connectivity index (χ0n) is 12.4. The molecule has 2 N–H and O–H groups in total. The van der Waals surface area contributed by atoms with Gasteiger partial charge in [-0.05, 0) is 37.5 Å². The molecule has 5 heteroatoms. The lowest BCUT2D eigenvalue weighted by Gasteiger charge is -2.11. The molecule has 21 heavy (non-hydrogen) atoms. The molecule has 0 saturated heterocycles. The van der Waals surface area contributed by atoms with E-state index in [4.69, 9.17) is 0 Å². The van der Waals surface area contributed by atoms with E-state index in [1.165, 1.54) is 24.6 Å². The van der Waals surface area contributed by atoms with Crippen LogP contribution in [0, 0.1) is 6.92 Å². The van der Waals surface area contributed by atoms with Crippen LogP contribution in [0.15, 0.2) is 24.3 Å². The summed E-state index contributed by atoms with van der Waals surface area (Å²) >= 11 is 1.35. The van der Waals surface area contributed by atoms with Gasteiger partial charge in [0.1, 0.15) is 0 Å². The second kappa shape index (κ2) is 8.08. The first-order chi connectivity index (χ1) is 10.1. The fraction of sp³-hybridized carbons (Fsp3) is 0.500. The Morgan fingerprint density at radius 3 is 2.62 bits per heavy atom. The number of hydrogen-bond acceptors (Lipinski definition) is 3. The molecule has 0 unspecified atom stereocenters. The monoisotopic (exact) mass is 306 g/mol. The predicted octanol–water partition coefficient (Wildman–Crippen LogP) is 2.73. The van der Waals surface area contributed by atoms with Crippen molar-refractivity contribution in [2.24, 2.45) is 0 Å².